The Labute approximate surface area is 74.5 Å². The Morgan fingerprint density at radius 1 is 1.42 bits per heavy atom. The molecule has 2 nitrogen and oxygen atoms in total. The predicted octanol–water partition coefficient (Wildman–Crippen LogP) is 1.69. The molecule has 0 aliphatic heterocycles. The van der Waals surface area contributed by atoms with Crippen molar-refractivity contribution in [3.05, 3.63) is 6.92 Å². The van der Waals surface area contributed by atoms with E-state index in [2.05, 4.69) is 6.92 Å². The number of rotatable bonds is 2. The first-order chi connectivity index (χ1) is 5.56. The van der Waals surface area contributed by atoms with Gasteiger partial charge >= 0.3 is 0 Å². The molecule has 1 fully saturated rings. The van der Waals surface area contributed by atoms with E-state index in [0.717, 1.165) is 25.7 Å². The van der Waals surface area contributed by atoms with Gasteiger partial charge in [-0.1, -0.05) is 26.2 Å². The van der Waals surface area contributed by atoms with Crippen molar-refractivity contribution in [2.45, 2.75) is 45.1 Å². The Hall–Kier alpha value is -0.370. The average molecular weight is 168 g/mol. The Kier molecular flexibility index (Phi) is 2.89. The van der Waals surface area contributed by atoms with Crippen molar-refractivity contribution >= 4 is 5.78 Å². The molecule has 1 radical (unpaired) electrons. The van der Waals surface area contributed by atoms with Crippen LogP contribution >= 0.6 is 0 Å². The van der Waals surface area contributed by atoms with Gasteiger partial charge in [0.15, 0.2) is 5.78 Å². The van der Waals surface area contributed by atoms with Crippen molar-refractivity contribution in [2.75, 3.05) is 0 Å². The molecule has 0 aromatic carbocycles. The highest BCUT2D eigenvalue weighted by Crippen LogP contribution is 2.36. The summed E-state index contributed by atoms with van der Waals surface area (Å²) in [5.41, 5.74) is 5.32. The van der Waals surface area contributed by atoms with Crippen LogP contribution < -0.4 is 5.73 Å². The van der Waals surface area contributed by atoms with E-state index in [4.69, 9.17) is 5.73 Å². The van der Waals surface area contributed by atoms with Crippen molar-refractivity contribution in [2.24, 2.45) is 11.1 Å². The fourth-order valence-electron chi connectivity index (χ4n) is 2.03. The molecule has 0 bridgehead atoms. The highest BCUT2D eigenvalue weighted by Gasteiger charge is 2.35. The number of hydrogen-bond acceptors (Lipinski definition) is 2. The van der Waals surface area contributed by atoms with Gasteiger partial charge in [0.05, 0.1) is 6.04 Å². The molecule has 1 rings (SSSR count). The minimum Gasteiger partial charge on any atom is -0.321 e. The van der Waals surface area contributed by atoms with Crippen LogP contribution in [-0.2, 0) is 4.79 Å². The quantitative estimate of drug-likeness (QED) is 0.681. The smallest absolute Gasteiger partial charge is 0.155 e. The Morgan fingerprint density at radius 2 is 1.92 bits per heavy atom. The van der Waals surface area contributed by atoms with Crippen LogP contribution in [0.4, 0.5) is 0 Å². The van der Waals surface area contributed by atoms with E-state index in [1.54, 1.807) is 0 Å². The van der Waals surface area contributed by atoms with Gasteiger partial charge in [-0.25, -0.2) is 0 Å². The van der Waals surface area contributed by atoms with Gasteiger partial charge in [0.2, 0.25) is 0 Å². The minimum absolute atomic E-state index is 0.141. The Bertz CT molecular complexity index is 169. The largest absolute Gasteiger partial charge is 0.321 e. The topological polar surface area (TPSA) is 43.1 Å². The number of carbonyl (C=O) groups excluding carboxylic acids is 1. The summed E-state index contributed by atoms with van der Waals surface area (Å²) in [6.07, 6.45) is 5.57. The van der Waals surface area contributed by atoms with E-state index >= 15 is 0 Å². The number of ketones is 1. The van der Waals surface area contributed by atoms with Crippen LogP contribution in [0.25, 0.3) is 0 Å². The van der Waals surface area contributed by atoms with Gasteiger partial charge in [0, 0.05) is 5.41 Å². The van der Waals surface area contributed by atoms with E-state index in [9.17, 15) is 4.79 Å². The van der Waals surface area contributed by atoms with Crippen LogP contribution in [0.15, 0.2) is 0 Å². The summed E-state index contributed by atoms with van der Waals surface area (Å²) in [6.45, 7) is 5.61. The summed E-state index contributed by atoms with van der Waals surface area (Å²) >= 11 is 0. The molecule has 0 heterocycles. The first-order valence-electron chi connectivity index (χ1n) is 4.69. The first-order valence-corrected chi connectivity index (χ1v) is 4.69. The second-order valence-electron chi connectivity index (χ2n) is 4.09. The third-order valence-corrected chi connectivity index (χ3v) is 2.89. The average Bonchev–Trinajstić information content (AvgIpc) is 2.04. The molecule has 1 saturated carbocycles. The summed E-state index contributed by atoms with van der Waals surface area (Å²) in [6, 6.07) is -0.534. The molecule has 0 saturated heterocycles. The maximum Gasteiger partial charge on any atom is 0.155 e. The summed E-state index contributed by atoms with van der Waals surface area (Å²) in [4.78, 5) is 11.6. The zero-order valence-corrected chi connectivity index (χ0v) is 7.81. The van der Waals surface area contributed by atoms with Crippen molar-refractivity contribution in [1.29, 1.82) is 0 Å². The lowest BCUT2D eigenvalue weighted by Crippen LogP contribution is -2.41. The standard InChI is InChI=1S/C10H18NO/c1-8(11)9(12)10(2)6-4-3-5-7-10/h8H,1,3-7,11H2,2H3. The van der Waals surface area contributed by atoms with E-state index in [1.165, 1.54) is 6.42 Å². The van der Waals surface area contributed by atoms with Gasteiger partial charge in [-0.05, 0) is 19.8 Å². The third kappa shape index (κ3) is 1.86. The highest BCUT2D eigenvalue weighted by molar-refractivity contribution is 5.89. The molecule has 1 atom stereocenters. The highest BCUT2D eigenvalue weighted by atomic mass is 16.1. The Morgan fingerprint density at radius 3 is 2.33 bits per heavy atom. The van der Waals surface area contributed by atoms with Crippen LogP contribution in [0.3, 0.4) is 0 Å². The molecule has 0 aromatic heterocycles. The summed E-state index contributed by atoms with van der Waals surface area (Å²) in [5, 5.41) is 0. The zero-order valence-electron chi connectivity index (χ0n) is 7.81. The third-order valence-electron chi connectivity index (χ3n) is 2.89. The van der Waals surface area contributed by atoms with Crippen LogP contribution in [-0.4, -0.2) is 11.8 Å². The number of hydrogen-bond donors (Lipinski definition) is 1. The molecule has 1 aliphatic carbocycles. The van der Waals surface area contributed by atoms with Crippen molar-refractivity contribution in [1.82, 2.24) is 0 Å². The lowest BCUT2D eigenvalue weighted by atomic mass is 9.71. The fraction of sp³-hybridized carbons (Fsp3) is 0.800. The lowest BCUT2D eigenvalue weighted by molar-refractivity contribution is -0.129. The van der Waals surface area contributed by atoms with Crippen molar-refractivity contribution in [3.63, 3.8) is 0 Å². The number of carbonyl (C=O) groups is 1. The van der Waals surface area contributed by atoms with Crippen LogP contribution in [0, 0.1) is 12.3 Å². The van der Waals surface area contributed by atoms with Gasteiger partial charge in [-0.2, -0.15) is 0 Å². The first kappa shape index (κ1) is 9.72. The van der Waals surface area contributed by atoms with Gasteiger partial charge in [-0.15, -0.1) is 0 Å². The van der Waals surface area contributed by atoms with E-state index in [0.29, 0.717) is 0 Å². The van der Waals surface area contributed by atoms with Crippen LogP contribution in [0.5, 0.6) is 0 Å². The molecule has 12 heavy (non-hydrogen) atoms. The second kappa shape index (κ2) is 3.56. The molecule has 69 valence electrons. The molecule has 0 spiro atoms. The second-order valence-corrected chi connectivity index (χ2v) is 4.09. The Balaban J connectivity index is 2.62. The molecule has 1 unspecified atom stereocenters. The van der Waals surface area contributed by atoms with E-state index < -0.39 is 6.04 Å². The van der Waals surface area contributed by atoms with E-state index in [-0.39, 0.29) is 11.2 Å². The van der Waals surface area contributed by atoms with Crippen LogP contribution in [0.2, 0.25) is 0 Å². The molecule has 2 heteroatoms. The normalized spacial score (nSPS) is 24.9. The zero-order chi connectivity index (χ0) is 9.19. The fourth-order valence-corrected chi connectivity index (χ4v) is 2.03. The summed E-state index contributed by atoms with van der Waals surface area (Å²) in [5.74, 6) is 0.141. The monoisotopic (exact) mass is 168 g/mol. The predicted molar refractivity (Wildman–Crippen MR) is 49.5 cm³/mol. The molecule has 0 aromatic rings. The number of nitrogens with two attached hydrogens (primary N) is 1. The van der Waals surface area contributed by atoms with Gasteiger partial charge in [0.25, 0.3) is 0 Å². The van der Waals surface area contributed by atoms with Gasteiger partial charge in [-0.3, -0.25) is 4.79 Å². The van der Waals surface area contributed by atoms with Gasteiger partial charge < -0.3 is 5.73 Å². The number of Topliss-reactive ketones (excluding diaryl/α,β-unsaturated/α-hetero) is 1. The maximum atomic E-state index is 11.6. The molecule has 2 N–H and O–H groups in total. The lowest BCUT2D eigenvalue weighted by Gasteiger charge is -2.33. The molecular weight excluding hydrogens is 150 g/mol. The summed E-state index contributed by atoms with van der Waals surface area (Å²) in [7, 11) is 0. The van der Waals surface area contributed by atoms with Gasteiger partial charge in [0.1, 0.15) is 0 Å². The molecular formula is C10H18NO. The molecule has 0 amide bonds. The van der Waals surface area contributed by atoms with Crippen molar-refractivity contribution < 1.29 is 4.79 Å². The maximum absolute atomic E-state index is 11.6. The summed E-state index contributed by atoms with van der Waals surface area (Å²) < 4.78 is 0. The SMILES string of the molecule is [CH2]C(N)C(=O)C1(C)CCCCC1. The minimum atomic E-state index is -0.534. The van der Waals surface area contributed by atoms with Crippen molar-refractivity contribution in [3.8, 4) is 0 Å². The molecule has 1 aliphatic rings. The van der Waals surface area contributed by atoms with Crippen LogP contribution in [0.1, 0.15) is 39.0 Å². The van der Waals surface area contributed by atoms with E-state index in [1.807, 2.05) is 6.92 Å².